The van der Waals surface area contributed by atoms with Crippen molar-refractivity contribution in [3.8, 4) is 5.75 Å². The lowest BCUT2D eigenvalue weighted by atomic mass is 10.2. The van der Waals surface area contributed by atoms with Gasteiger partial charge in [-0.05, 0) is 41.9 Å². The van der Waals surface area contributed by atoms with Gasteiger partial charge >= 0.3 is 6.36 Å². The fourth-order valence-electron chi connectivity index (χ4n) is 1.27. The molecule has 1 aromatic carbocycles. The molecule has 1 amide bonds. The summed E-state index contributed by atoms with van der Waals surface area (Å²) in [6.45, 7) is 3.41. The Hall–Kier alpha value is -1.24. The Balaban J connectivity index is 3.12. The molecule has 0 aliphatic rings. The number of ether oxygens (including phenoxy) is 1. The van der Waals surface area contributed by atoms with E-state index in [1.165, 1.54) is 12.1 Å². The smallest absolute Gasteiger partial charge is 0.405 e. The van der Waals surface area contributed by atoms with Gasteiger partial charge in [-0.2, -0.15) is 0 Å². The number of alkyl halides is 3. The molecular formula is C11H11BrF3NO2. The molecule has 18 heavy (non-hydrogen) atoms. The molecule has 0 aromatic heterocycles. The molecule has 1 aromatic rings. The second-order valence-electron chi connectivity index (χ2n) is 3.79. The molecule has 100 valence electrons. The van der Waals surface area contributed by atoms with Gasteiger partial charge in [0.2, 0.25) is 0 Å². The van der Waals surface area contributed by atoms with Crippen molar-refractivity contribution in [2.24, 2.45) is 0 Å². The highest BCUT2D eigenvalue weighted by atomic mass is 79.9. The van der Waals surface area contributed by atoms with Gasteiger partial charge in [-0.3, -0.25) is 4.79 Å². The van der Waals surface area contributed by atoms with Crippen molar-refractivity contribution >= 4 is 21.8 Å². The number of hydrogen-bond donors (Lipinski definition) is 1. The number of benzene rings is 1. The molecule has 0 atom stereocenters. The minimum Gasteiger partial charge on any atom is -0.405 e. The summed E-state index contributed by atoms with van der Waals surface area (Å²) in [6, 6.07) is 3.73. The molecule has 0 unspecified atom stereocenters. The molecule has 0 aliphatic carbocycles. The van der Waals surface area contributed by atoms with Crippen LogP contribution in [0.4, 0.5) is 13.2 Å². The van der Waals surface area contributed by atoms with E-state index >= 15 is 0 Å². The maximum Gasteiger partial charge on any atom is 0.573 e. The molecule has 0 spiro atoms. The standard InChI is InChI=1S/C11H11BrF3NO2/c1-6(2)16-10(17)9-7(12)4-3-5-8(9)18-11(13,14)15/h3-6H,1-2H3,(H,16,17). The van der Waals surface area contributed by atoms with E-state index in [4.69, 9.17) is 0 Å². The number of rotatable bonds is 3. The minimum absolute atomic E-state index is 0.177. The summed E-state index contributed by atoms with van der Waals surface area (Å²) in [4.78, 5) is 11.8. The molecule has 0 radical (unpaired) electrons. The first kappa shape index (κ1) is 14.8. The lowest BCUT2D eigenvalue weighted by Crippen LogP contribution is -2.31. The van der Waals surface area contributed by atoms with Crippen molar-refractivity contribution in [3.05, 3.63) is 28.2 Å². The van der Waals surface area contributed by atoms with E-state index in [1.807, 2.05) is 0 Å². The van der Waals surface area contributed by atoms with E-state index in [1.54, 1.807) is 13.8 Å². The Morgan fingerprint density at radius 3 is 2.50 bits per heavy atom. The minimum atomic E-state index is -4.84. The van der Waals surface area contributed by atoms with Gasteiger partial charge in [0.1, 0.15) is 5.75 Å². The van der Waals surface area contributed by atoms with Crippen LogP contribution in [0, 0.1) is 0 Å². The maximum absolute atomic E-state index is 12.2. The van der Waals surface area contributed by atoms with Crippen LogP contribution in [-0.2, 0) is 0 Å². The Bertz CT molecular complexity index is 446. The molecule has 0 saturated carbocycles. The second-order valence-corrected chi connectivity index (χ2v) is 4.64. The fourth-order valence-corrected chi connectivity index (χ4v) is 1.80. The number of carbonyl (C=O) groups excluding carboxylic acids is 1. The highest BCUT2D eigenvalue weighted by molar-refractivity contribution is 9.10. The Kier molecular flexibility index (Phi) is 4.61. The highest BCUT2D eigenvalue weighted by Crippen LogP contribution is 2.31. The van der Waals surface area contributed by atoms with Crippen LogP contribution >= 0.6 is 15.9 Å². The molecule has 0 fully saturated rings. The zero-order valence-corrected chi connectivity index (χ0v) is 11.2. The van der Waals surface area contributed by atoms with Crippen molar-refractivity contribution in [2.45, 2.75) is 26.3 Å². The molecular weight excluding hydrogens is 315 g/mol. The first-order valence-corrected chi connectivity index (χ1v) is 5.85. The van der Waals surface area contributed by atoms with Crippen LogP contribution < -0.4 is 10.1 Å². The van der Waals surface area contributed by atoms with Gasteiger partial charge in [-0.1, -0.05) is 6.07 Å². The van der Waals surface area contributed by atoms with E-state index in [0.717, 1.165) is 6.07 Å². The Labute approximate surface area is 110 Å². The molecule has 3 nitrogen and oxygen atoms in total. The second kappa shape index (κ2) is 5.60. The van der Waals surface area contributed by atoms with E-state index in [2.05, 4.69) is 26.0 Å². The van der Waals surface area contributed by atoms with Gasteiger partial charge in [-0.25, -0.2) is 0 Å². The third-order valence-corrected chi connectivity index (χ3v) is 2.51. The number of amides is 1. The summed E-state index contributed by atoms with van der Waals surface area (Å²) >= 11 is 3.04. The highest BCUT2D eigenvalue weighted by Gasteiger charge is 2.33. The van der Waals surface area contributed by atoms with E-state index in [9.17, 15) is 18.0 Å². The monoisotopic (exact) mass is 325 g/mol. The third-order valence-electron chi connectivity index (χ3n) is 1.85. The van der Waals surface area contributed by atoms with Gasteiger partial charge < -0.3 is 10.1 Å². The number of nitrogens with one attached hydrogen (secondary N) is 1. The molecule has 7 heteroatoms. The predicted molar refractivity (Wildman–Crippen MR) is 63.4 cm³/mol. The van der Waals surface area contributed by atoms with Crippen LogP contribution in [0.25, 0.3) is 0 Å². The summed E-state index contributed by atoms with van der Waals surface area (Å²) in [7, 11) is 0. The van der Waals surface area contributed by atoms with Crippen LogP contribution in [0.2, 0.25) is 0 Å². The quantitative estimate of drug-likeness (QED) is 0.923. The van der Waals surface area contributed by atoms with E-state index in [-0.39, 0.29) is 16.1 Å². The third kappa shape index (κ3) is 4.21. The normalized spacial score (nSPS) is 11.5. The Morgan fingerprint density at radius 1 is 1.39 bits per heavy atom. The summed E-state index contributed by atoms with van der Waals surface area (Å²) in [5.41, 5.74) is -0.177. The van der Waals surface area contributed by atoms with Gasteiger partial charge in [0.25, 0.3) is 5.91 Å². The summed E-state index contributed by atoms with van der Waals surface area (Å²) in [6.07, 6.45) is -4.84. The van der Waals surface area contributed by atoms with Crippen molar-refractivity contribution < 1.29 is 22.7 Å². The average molecular weight is 326 g/mol. The topological polar surface area (TPSA) is 38.3 Å². The van der Waals surface area contributed by atoms with Crippen LogP contribution in [0.3, 0.4) is 0 Å². The van der Waals surface area contributed by atoms with Gasteiger partial charge in [0, 0.05) is 10.5 Å². The molecule has 1 rings (SSSR count). The maximum atomic E-state index is 12.2. The fraction of sp³-hybridized carbons (Fsp3) is 0.364. The Morgan fingerprint density at radius 2 is 2.00 bits per heavy atom. The first-order valence-electron chi connectivity index (χ1n) is 5.06. The van der Waals surface area contributed by atoms with Crippen molar-refractivity contribution in [1.82, 2.24) is 5.32 Å². The van der Waals surface area contributed by atoms with Crippen LogP contribution in [0.5, 0.6) is 5.75 Å². The zero-order valence-electron chi connectivity index (χ0n) is 9.64. The zero-order chi connectivity index (χ0) is 13.9. The first-order chi connectivity index (χ1) is 8.20. The summed E-state index contributed by atoms with van der Waals surface area (Å²) in [5, 5.41) is 2.51. The van der Waals surface area contributed by atoms with E-state index < -0.39 is 18.0 Å². The van der Waals surface area contributed by atoms with Crippen LogP contribution in [0.1, 0.15) is 24.2 Å². The SMILES string of the molecule is CC(C)NC(=O)c1c(Br)cccc1OC(F)(F)F. The largest absolute Gasteiger partial charge is 0.573 e. The summed E-state index contributed by atoms with van der Waals surface area (Å²) in [5.74, 6) is -1.16. The number of halogens is 4. The number of carbonyl (C=O) groups is 1. The van der Waals surface area contributed by atoms with Crippen molar-refractivity contribution in [2.75, 3.05) is 0 Å². The average Bonchev–Trinajstić information content (AvgIpc) is 2.13. The van der Waals surface area contributed by atoms with Crippen molar-refractivity contribution in [1.29, 1.82) is 0 Å². The molecule has 0 saturated heterocycles. The van der Waals surface area contributed by atoms with Gasteiger partial charge in [0.15, 0.2) is 0 Å². The predicted octanol–water partition coefficient (Wildman–Crippen LogP) is 3.49. The van der Waals surface area contributed by atoms with Crippen LogP contribution in [-0.4, -0.2) is 18.3 Å². The molecule has 0 bridgehead atoms. The van der Waals surface area contributed by atoms with Gasteiger partial charge in [0.05, 0.1) is 5.56 Å². The van der Waals surface area contributed by atoms with Crippen LogP contribution in [0.15, 0.2) is 22.7 Å². The lowest BCUT2D eigenvalue weighted by Gasteiger charge is -2.15. The molecule has 0 heterocycles. The van der Waals surface area contributed by atoms with Gasteiger partial charge in [-0.15, -0.1) is 13.2 Å². The lowest BCUT2D eigenvalue weighted by molar-refractivity contribution is -0.274. The van der Waals surface area contributed by atoms with Crippen molar-refractivity contribution in [3.63, 3.8) is 0 Å². The number of hydrogen-bond acceptors (Lipinski definition) is 2. The molecule has 1 N–H and O–H groups in total. The summed E-state index contributed by atoms with van der Waals surface area (Å²) < 4.78 is 40.7. The molecule has 0 aliphatic heterocycles. The van der Waals surface area contributed by atoms with E-state index in [0.29, 0.717) is 0 Å².